The van der Waals surface area contributed by atoms with Gasteiger partial charge >= 0.3 is 6.18 Å². The number of Topliss-reactive ketones (excluding diaryl/α,β-unsaturated/α-hetero) is 1. The van der Waals surface area contributed by atoms with Crippen LogP contribution in [-0.4, -0.2) is 36.1 Å². The van der Waals surface area contributed by atoms with E-state index in [1.807, 2.05) is 0 Å². The maximum Gasteiger partial charge on any atom is 0.417 e. The van der Waals surface area contributed by atoms with Gasteiger partial charge in [-0.05, 0) is 23.8 Å². The van der Waals surface area contributed by atoms with Crippen LogP contribution in [0.25, 0.3) is 10.9 Å². The number of aromatic nitrogens is 1. The number of nitrogens with one attached hydrogen (secondary N) is 1. The lowest BCUT2D eigenvalue weighted by Gasteiger charge is -2.18. The van der Waals surface area contributed by atoms with Gasteiger partial charge in [0.1, 0.15) is 17.0 Å². The molecule has 0 spiro atoms. The number of fused-ring (bicyclic) bond motifs is 1. The maximum absolute atomic E-state index is 14.0. The molecule has 2 N–H and O–H groups in total. The lowest BCUT2D eigenvalue weighted by molar-refractivity contribution is -0.136. The average Bonchev–Trinajstić information content (AvgIpc) is 2.78. The zero-order chi connectivity index (χ0) is 23.6. The predicted octanol–water partition coefficient (Wildman–Crippen LogP) is 4.47. The Balaban J connectivity index is 2.25. The number of benzene rings is 2. The van der Waals surface area contributed by atoms with Crippen molar-refractivity contribution in [2.45, 2.75) is 12.6 Å². The molecule has 0 atom stereocenters. The fraction of sp³-hybridized carbons (Fsp3) is 0.190. The number of pyridine rings is 1. The SMILES string of the molecule is COc1cccc(C(=O)Cc2cc(OC)c3ncc(C(=O)NO)c(C(F)(F)F)c3c2Cl)c1. The summed E-state index contributed by atoms with van der Waals surface area (Å²) in [5.74, 6) is -1.49. The average molecular weight is 469 g/mol. The minimum absolute atomic E-state index is 0.0395. The Labute approximate surface area is 184 Å². The van der Waals surface area contributed by atoms with Gasteiger partial charge in [-0.1, -0.05) is 23.7 Å². The first-order valence-electron chi connectivity index (χ1n) is 8.99. The molecular weight excluding hydrogens is 453 g/mol. The smallest absolute Gasteiger partial charge is 0.417 e. The molecule has 2 aromatic carbocycles. The number of amides is 1. The summed E-state index contributed by atoms with van der Waals surface area (Å²) in [6, 6.07) is 7.57. The highest BCUT2D eigenvalue weighted by Crippen LogP contribution is 2.43. The number of methoxy groups -OCH3 is 2. The first-order chi connectivity index (χ1) is 15.1. The second-order valence-corrected chi connectivity index (χ2v) is 6.97. The first kappa shape index (κ1) is 23.3. The van der Waals surface area contributed by atoms with Crippen LogP contribution in [0.5, 0.6) is 11.5 Å². The highest BCUT2D eigenvalue weighted by Gasteiger charge is 2.39. The lowest BCUT2D eigenvalue weighted by Crippen LogP contribution is -2.24. The topological polar surface area (TPSA) is 97.8 Å². The molecule has 0 aliphatic carbocycles. The van der Waals surface area contributed by atoms with Crippen molar-refractivity contribution in [1.29, 1.82) is 0 Å². The van der Waals surface area contributed by atoms with Crippen molar-refractivity contribution < 1.29 is 37.4 Å². The molecule has 3 rings (SSSR count). The van der Waals surface area contributed by atoms with E-state index in [0.29, 0.717) is 11.9 Å². The third kappa shape index (κ3) is 4.32. The fourth-order valence-corrected chi connectivity index (χ4v) is 3.55. The van der Waals surface area contributed by atoms with E-state index < -0.39 is 39.4 Å². The van der Waals surface area contributed by atoms with Crippen LogP contribution in [0.15, 0.2) is 36.5 Å². The summed E-state index contributed by atoms with van der Waals surface area (Å²) in [4.78, 5) is 28.5. The number of hydrogen-bond donors (Lipinski definition) is 2. The molecule has 0 saturated heterocycles. The molecule has 0 aliphatic heterocycles. The van der Waals surface area contributed by atoms with Crippen molar-refractivity contribution in [3.63, 3.8) is 0 Å². The first-order valence-corrected chi connectivity index (χ1v) is 9.37. The van der Waals surface area contributed by atoms with E-state index in [1.165, 1.54) is 37.9 Å². The van der Waals surface area contributed by atoms with Crippen molar-refractivity contribution in [2.75, 3.05) is 14.2 Å². The summed E-state index contributed by atoms with van der Waals surface area (Å²) in [5.41, 5.74) is -1.13. The van der Waals surface area contributed by atoms with Gasteiger partial charge in [-0.2, -0.15) is 13.2 Å². The van der Waals surface area contributed by atoms with E-state index in [0.717, 1.165) is 0 Å². The Kier molecular flexibility index (Phi) is 6.56. The van der Waals surface area contributed by atoms with Gasteiger partial charge in [-0.25, -0.2) is 5.48 Å². The number of ether oxygens (including phenoxy) is 2. The van der Waals surface area contributed by atoms with Gasteiger partial charge in [0.2, 0.25) is 0 Å². The minimum atomic E-state index is -5.03. The Hall–Kier alpha value is -3.37. The number of halogens is 4. The molecule has 0 unspecified atom stereocenters. The van der Waals surface area contributed by atoms with E-state index in [4.69, 9.17) is 26.3 Å². The highest BCUT2D eigenvalue weighted by atomic mass is 35.5. The van der Waals surface area contributed by atoms with Gasteiger partial charge in [-0.3, -0.25) is 19.8 Å². The fourth-order valence-electron chi connectivity index (χ4n) is 3.24. The summed E-state index contributed by atoms with van der Waals surface area (Å²) in [6.07, 6.45) is -4.73. The molecule has 1 heterocycles. The second-order valence-electron chi connectivity index (χ2n) is 6.59. The zero-order valence-electron chi connectivity index (χ0n) is 16.7. The van der Waals surface area contributed by atoms with Crippen LogP contribution in [0.2, 0.25) is 5.02 Å². The molecule has 7 nitrogen and oxygen atoms in total. The zero-order valence-corrected chi connectivity index (χ0v) is 17.5. The van der Waals surface area contributed by atoms with Crippen LogP contribution in [-0.2, 0) is 12.6 Å². The predicted molar refractivity (Wildman–Crippen MR) is 109 cm³/mol. The van der Waals surface area contributed by atoms with Crippen LogP contribution in [0.1, 0.15) is 31.8 Å². The molecule has 32 heavy (non-hydrogen) atoms. The second kappa shape index (κ2) is 9.01. The van der Waals surface area contributed by atoms with E-state index >= 15 is 0 Å². The van der Waals surface area contributed by atoms with Gasteiger partial charge in [0.25, 0.3) is 5.91 Å². The molecule has 1 amide bonds. The standard InChI is InChI=1S/C21H16ClF3N2O5/c1-31-12-5-3-4-10(6-12)14(28)7-11-8-15(32-2)19-16(18(11)22)17(21(23,24)25)13(9-26-19)20(29)27-30/h3-6,8-9,30H,7H2,1-2H3,(H,27,29). The number of carbonyl (C=O) groups excluding carboxylic acids is 2. The normalized spacial score (nSPS) is 11.3. The van der Waals surface area contributed by atoms with Crippen molar-refractivity contribution in [3.05, 3.63) is 63.8 Å². The van der Waals surface area contributed by atoms with Crippen LogP contribution in [0.3, 0.4) is 0 Å². The molecule has 0 bridgehead atoms. The van der Waals surface area contributed by atoms with E-state index in [-0.39, 0.29) is 28.8 Å². The summed E-state index contributed by atoms with van der Waals surface area (Å²) in [7, 11) is 2.65. The molecule has 3 aromatic rings. The largest absolute Gasteiger partial charge is 0.497 e. The molecule has 0 radical (unpaired) electrons. The third-order valence-corrected chi connectivity index (χ3v) is 5.14. The Morgan fingerprint density at radius 2 is 1.91 bits per heavy atom. The summed E-state index contributed by atoms with van der Waals surface area (Å²) in [6.45, 7) is 0. The number of carbonyl (C=O) groups is 2. The van der Waals surface area contributed by atoms with Crippen LogP contribution < -0.4 is 15.0 Å². The quantitative estimate of drug-likeness (QED) is 0.315. The van der Waals surface area contributed by atoms with Crippen LogP contribution in [0, 0.1) is 0 Å². The Morgan fingerprint density at radius 3 is 2.50 bits per heavy atom. The van der Waals surface area contributed by atoms with Gasteiger partial charge in [0.05, 0.1) is 30.4 Å². The lowest BCUT2D eigenvalue weighted by atomic mass is 9.96. The number of nitrogens with zero attached hydrogens (tertiary/aromatic N) is 1. The van der Waals surface area contributed by atoms with Crippen molar-refractivity contribution in [1.82, 2.24) is 10.5 Å². The summed E-state index contributed by atoms with van der Waals surface area (Å²) >= 11 is 6.33. The van der Waals surface area contributed by atoms with Crippen LogP contribution >= 0.6 is 11.6 Å². The van der Waals surface area contributed by atoms with Gasteiger partial charge < -0.3 is 9.47 Å². The third-order valence-electron chi connectivity index (χ3n) is 4.71. The van der Waals surface area contributed by atoms with E-state index in [2.05, 4.69) is 4.98 Å². The van der Waals surface area contributed by atoms with Crippen molar-refractivity contribution >= 4 is 34.2 Å². The molecule has 0 aliphatic rings. The molecular formula is C21H16ClF3N2O5. The van der Waals surface area contributed by atoms with E-state index in [9.17, 15) is 22.8 Å². The molecule has 11 heteroatoms. The Morgan fingerprint density at radius 1 is 1.19 bits per heavy atom. The maximum atomic E-state index is 14.0. The Bertz CT molecular complexity index is 1210. The van der Waals surface area contributed by atoms with Gasteiger partial charge in [0.15, 0.2) is 5.78 Å². The van der Waals surface area contributed by atoms with Crippen molar-refractivity contribution in [2.24, 2.45) is 0 Å². The number of ketones is 1. The van der Waals surface area contributed by atoms with Crippen molar-refractivity contribution in [3.8, 4) is 11.5 Å². The highest BCUT2D eigenvalue weighted by molar-refractivity contribution is 6.37. The molecule has 0 saturated carbocycles. The number of rotatable bonds is 6. The number of hydroxylamine groups is 1. The molecule has 168 valence electrons. The molecule has 1 aromatic heterocycles. The summed E-state index contributed by atoms with van der Waals surface area (Å²) < 4.78 is 52.1. The number of hydrogen-bond acceptors (Lipinski definition) is 6. The number of alkyl halides is 3. The van der Waals surface area contributed by atoms with Gasteiger partial charge in [-0.15, -0.1) is 0 Å². The summed E-state index contributed by atoms with van der Waals surface area (Å²) in [5, 5.41) is 7.83. The van der Waals surface area contributed by atoms with Crippen LogP contribution in [0.4, 0.5) is 13.2 Å². The molecule has 0 fully saturated rings. The van der Waals surface area contributed by atoms with Gasteiger partial charge in [0, 0.05) is 23.6 Å². The van der Waals surface area contributed by atoms with E-state index in [1.54, 1.807) is 12.1 Å². The monoisotopic (exact) mass is 468 g/mol. The minimum Gasteiger partial charge on any atom is -0.497 e.